The number of aromatic nitrogens is 2. The van der Waals surface area contributed by atoms with Gasteiger partial charge in [-0.25, -0.2) is 14.4 Å². The van der Waals surface area contributed by atoms with Crippen LogP contribution in [-0.4, -0.2) is 65.1 Å². The van der Waals surface area contributed by atoms with Gasteiger partial charge in [0.05, 0.1) is 30.2 Å². The van der Waals surface area contributed by atoms with E-state index in [0.29, 0.717) is 24.6 Å². The average Bonchev–Trinajstić information content (AvgIpc) is 3.21. The van der Waals surface area contributed by atoms with E-state index in [0.717, 1.165) is 59.9 Å². The van der Waals surface area contributed by atoms with Gasteiger partial charge in [-0.15, -0.1) is 11.3 Å². The number of ether oxygens (including phenoxy) is 1. The summed E-state index contributed by atoms with van der Waals surface area (Å²) < 4.78 is 18.9. The molecule has 0 radical (unpaired) electrons. The topological polar surface area (TPSA) is 70.6 Å². The summed E-state index contributed by atoms with van der Waals surface area (Å²) in [6, 6.07) is 4.48. The molecule has 172 valence electrons. The number of fused-ring (bicyclic) bond motifs is 3. The van der Waals surface area contributed by atoms with Gasteiger partial charge in [0, 0.05) is 42.8 Å². The first-order valence-electron chi connectivity index (χ1n) is 10.8. The zero-order valence-electron chi connectivity index (χ0n) is 17.9. The molecule has 1 saturated heterocycles. The largest absolute Gasteiger partial charge is 0.379 e. The summed E-state index contributed by atoms with van der Waals surface area (Å²) in [4.78, 5) is 27.7. The van der Waals surface area contributed by atoms with Crippen LogP contribution in [0.5, 0.6) is 0 Å². The maximum absolute atomic E-state index is 13.5. The fourth-order valence-corrected chi connectivity index (χ4v) is 5.50. The van der Waals surface area contributed by atoms with E-state index in [1.165, 1.54) is 18.5 Å². The van der Waals surface area contributed by atoms with E-state index < -0.39 is 5.82 Å². The summed E-state index contributed by atoms with van der Waals surface area (Å²) in [5.41, 5.74) is 1.81. The van der Waals surface area contributed by atoms with Crippen molar-refractivity contribution < 1.29 is 13.9 Å². The van der Waals surface area contributed by atoms with Crippen molar-refractivity contribution in [1.29, 1.82) is 0 Å². The molecule has 1 fully saturated rings. The molecule has 3 aromatic rings. The van der Waals surface area contributed by atoms with Gasteiger partial charge in [-0.1, -0.05) is 17.7 Å². The lowest BCUT2D eigenvalue weighted by Crippen LogP contribution is -2.37. The van der Waals surface area contributed by atoms with Gasteiger partial charge in [0.15, 0.2) is 0 Å². The van der Waals surface area contributed by atoms with Crippen molar-refractivity contribution in [3.05, 3.63) is 58.0 Å². The van der Waals surface area contributed by atoms with Crippen molar-refractivity contribution in [2.45, 2.75) is 13.0 Å². The zero-order valence-corrected chi connectivity index (χ0v) is 19.5. The number of nitrogens with one attached hydrogen (secondary N) is 1. The Morgan fingerprint density at radius 3 is 2.94 bits per heavy atom. The maximum Gasteiger partial charge on any atom is 0.246 e. The minimum atomic E-state index is -0.466. The predicted molar refractivity (Wildman–Crippen MR) is 128 cm³/mol. The van der Waals surface area contributed by atoms with Crippen LogP contribution in [0.2, 0.25) is 5.02 Å². The van der Waals surface area contributed by atoms with Crippen LogP contribution in [0.15, 0.2) is 36.7 Å². The first kappa shape index (κ1) is 22.2. The van der Waals surface area contributed by atoms with Crippen LogP contribution in [0.4, 0.5) is 15.9 Å². The summed E-state index contributed by atoms with van der Waals surface area (Å²) in [5, 5.41) is 4.24. The van der Waals surface area contributed by atoms with E-state index >= 15 is 0 Å². The molecule has 1 N–H and O–H groups in total. The van der Waals surface area contributed by atoms with Gasteiger partial charge in [-0.05, 0) is 30.2 Å². The zero-order chi connectivity index (χ0) is 22.8. The molecule has 7 nitrogen and oxygen atoms in total. The quantitative estimate of drug-likeness (QED) is 0.548. The number of hydrogen-bond acceptors (Lipinski definition) is 7. The first-order chi connectivity index (χ1) is 16.1. The molecule has 2 aliphatic rings. The van der Waals surface area contributed by atoms with Crippen molar-refractivity contribution in [3.8, 4) is 0 Å². The Kier molecular flexibility index (Phi) is 6.55. The number of morpholine rings is 1. The van der Waals surface area contributed by atoms with Crippen LogP contribution in [0.3, 0.4) is 0 Å². The van der Waals surface area contributed by atoms with Crippen molar-refractivity contribution in [2.24, 2.45) is 0 Å². The van der Waals surface area contributed by atoms with Crippen molar-refractivity contribution in [2.75, 3.05) is 44.7 Å². The van der Waals surface area contributed by atoms with E-state index in [2.05, 4.69) is 20.2 Å². The predicted octanol–water partition coefficient (Wildman–Crippen LogP) is 4.00. The molecule has 1 amide bonds. The monoisotopic (exact) mass is 487 g/mol. The van der Waals surface area contributed by atoms with Gasteiger partial charge in [0.25, 0.3) is 0 Å². The van der Waals surface area contributed by atoms with Crippen LogP contribution >= 0.6 is 22.9 Å². The van der Waals surface area contributed by atoms with Gasteiger partial charge >= 0.3 is 0 Å². The lowest BCUT2D eigenvalue weighted by atomic mass is 10.0. The summed E-state index contributed by atoms with van der Waals surface area (Å²) in [6.45, 7) is 5.24. The Morgan fingerprint density at radius 2 is 2.12 bits per heavy atom. The fourth-order valence-electron chi connectivity index (χ4n) is 4.11. The van der Waals surface area contributed by atoms with Gasteiger partial charge in [-0.2, -0.15) is 0 Å². The van der Waals surface area contributed by atoms with Crippen LogP contribution in [0.25, 0.3) is 10.2 Å². The number of carbonyl (C=O) groups excluding carboxylic acids is 1. The second-order valence-corrected chi connectivity index (χ2v) is 9.48. The SMILES string of the molecule is O=C(/C=C/CN1CCOCC1)N1CCc2c(sc3ncnc(Nc4ccc(F)c(Cl)c4)c23)C1. The summed E-state index contributed by atoms with van der Waals surface area (Å²) in [6.07, 6.45) is 5.86. The molecule has 33 heavy (non-hydrogen) atoms. The van der Waals surface area contributed by atoms with E-state index in [9.17, 15) is 9.18 Å². The normalized spacial score (nSPS) is 17.0. The molecule has 4 heterocycles. The van der Waals surface area contributed by atoms with Crippen LogP contribution in [0, 0.1) is 5.82 Å². The molecular formula is C23H23ClFN5O2S. The molecule has 0 atom stereocenters. The lowest BCUT2D eigenvalue weighted by Gasteiger charge is -2.27. The Labute approximate surface area is 199 Å². The number of halogens is 2. The van der Waals surface area contributed by atoms with Gasteiger partial charge < -0.3 is 15.0 Å². The molecule has 0 spiro atoms. The molecule has 2 aliphatic heterocycles. The molecule has 0 aliphatic carbocycles. The van der Waals surface area contributed by atoms with Crippen molar-refractivity contribution in [3.63, 3.8) is 0 Å². The molecule has 2 aromatic heterocycles. The Bertz CT molecular complexity index is 1210. The minimum absolute atomic E-state index is 0.0248. The third-order valence-corrected chi connectivity index (χ3v) is 7.27. The fraction of sp³-hybridized carbons (Fsp3) is 0.348. The molecule has 1 aromatic carbocycles. The number of benzene rings is 1. The molecular weight excluding hydrogens is 465 g/mol. The molecule has 0 unspecified atom stereocenters. The third kappa shape index (κ3) is 4.86. The number of rotatable bonds is 5. The molecule has 0 bridgehead atoms. The number of thiophene rings is 1. The van der Waals surface area contributed by atoms with Crippen LogP contribution in [-0.2, 0) is 22.5 Å². The molecule has 10 heteroatoms. The van der Waals surface area contributed by atoms with Gasteiger partial charge in [-0.3, -0.25) is 9.69 Å². The second-order valence-electron chi connectivity index (χ2n) is 7.99. The summed E-state index contributed by atoms with van der Waals surface area (Å²) >= 11 is 7.50. The number of nitrogens with zero attached hydrogens (tertiary/aromatic N) is 4. The highest BCUT2D eigenvalue weighted by Crippen LogP contribution is 2.38. The van der Waals surface area contributed by atoms with Crippen LogP contribution < -0.4 is 5.32 Å². The highest BCUT2D eigenvalue weighted by atomic mass is 35.5. The van der Waals surface area contributed by atoms with E-state index in [1.807, 2.05) is 11.0 Å². The minimum Gasteiger partial charge on any atom is -0.379 e. The number of amides is 1. The maximum atomic E-state index is 13.5. The Balaban J connectivity index is 1.31. The molecule has 5 rings (SSSR count). The number of anilines is 2. The van der Waals surface area contributed by atoms with E-state index in [4.69, 9.17) is 16.3 Å². The second kappa shape index (κ2) is 9.72. The standard InChI is InChI=1S/C23H23ClFN5O2S/c24-17-12-15(3-4-18(17)25)28-22-21-16-5-7-30(13-19(16)33-23(21)27-14-26-22)20(31)2-1-6-29-8-10-32-11-9-29/h1-4,12,14H,5-11,13H2,(H,26,27,28)/b2-1+. The van der Waals surface area contributed by atoms with Crippen LogP contribution in [0.1, 0.15) is 10.4 Å². The smallest absolute Gasteiger partial charge is 0.246 e. The number of carbonyl (C=O) groups is 1. The Morgan fingerprint density at radius 1 is 1.27 bits per heavy atom. The van der Waals surface area contributed by atoms with E-state index in [-0.39, 0.29) is 10.9 Å². The first-order valence-corrected chi connectivity index (χ1v) is 12.0. The highest BCUT2D eigenvalue weighted by Gasteiger charge is 2.25. The summed E-state index contributed by atoms with van der Waals surface area (Å²) in [5.74, 6) is 0.217. The van der Waals surface area contributed by atoms with Crippen molar-refractivity contribution >= 4 is 50.6 Å². The van der Waals surface area contributed by atoms with Gasteiger partial charge in [0.1, 0.15) is 22.8 Å². The third-order valence-electron chi connectivity index (χ3n) is 5.86. The Hall–Kier alpha value is -2.59. The number of hydrogen-bond donors (Lipinski definition) is 1. The molecule has 0 saturated carbocycles. The van der Waals surface area contributed by atoms with E-state index in [1.54, 1.807) is 23.5 Å². The average molecular weight is 488 g/mol. The summed E-state index contributed by atoms with van der Waals surface area (Å²) in [7, 11) is 0. The lowest BCUT2D eigenvalue weighted by molar-refractivity contribution is -0.126. The van der Waals surface area contributed by atoms with Crippen molar-refractivity contribution in [1.82, 2.24) is 19.8 Å². The highest BCUT2D eigenvalue weighted by molar-refractivity contribution is 7.19. The van der Waals surface area contributed by atoms with Gasteiger partial charge in [0.2, 0.25) is 5.91 Å².